The molecule has 9 heteroatoms. The minimum atomic E-state index is -1.51. The van der Waals surface area contributed by atoms with Crippen LogP contribution in [0.1, 0.15) is 367 Å². The number of rotatable bonds is 73. The minimum absolute atomic E-state index is 0.178. The van der Waals surface area contributed by atoms with Crippen molar-refractivity contribution in [1.82, 2.24) is 0 Å². The Morgan fingerprint density at radius 1 is 0.337 bits per heavy atom. The fourth-order valence-corrected chi connectivity index (χ4v) is 11.5. The molecule has 9 nitrogen and oxygen atoms in total. The van der Waals surface area contributed by atoms with Gasteiger partial charge in [0.25, 0.3) is 6.29 Å². The number of allylic oxidation sites excluding steroid dienone is 14. The highest BCUT2D eigenvalue weighted by Gasteiger charge is 2.25. The summed E-state index contributed by atoms with van der Waals surface area (Å²) >= 11 is 0. The average Bonchev–Trinajstić information content (AvgIpc) is 3.75. The van der Waals surface area contributed by atoms with E-state index in [1.807, 2.05) is 21.1 Å². The van der Waals surface area contributed by atoms with Crippen LogP contribution >= 0.6 is 0 Å². The molecule has 0 radical (unpaired) electrons. The van der Waals surface area contributed by atoms with Gasteiger partial charge in [0.1, 0.15) is 13.2 Å². The molecule has 0 rings (SSSR count). The predicted octanol–water partition coefficient (Wildman–Crippen LogP) is 25.0. The standard InChI is InChI=1S/C83H149NO8/c1-6-8-10-12-14-16-18-20-22-24-26-28-30-32-34-36-37-38-39-40-41-42-43-44-45-46-48-50-52-54-56-58-60-62-64-66-68-70-72-74-81(86)92-79(78-91-83(82(87)88)89-76-75-84(3,4)5)77-90-80(85)73-71-69-67-65-63-61-59-57-55-53-51-49-47-35-33-31-29-27-25-23-21-19-17-15-13-11-9-7-2/h8,10,14,16,20,22,26,28,32,34,37-38,40-41,79,83H,6-7,9,11-13,15,17-19,21,23-25,27,29-31,33,35-36,39,42-78H2,1-5H3/p+1/b10-8-,16-14-,22-20-,28-26-,34-32-,38-37-,41-40-. The number of unbranched alkanes of at least 4 members (excludes halogenated alkanes) is 44. The third-order valence-corrected chi connectivity index (χ3v) is 17.4. The van der Waals surface area contributed by atoms with Crippen LogP contribution in [0.5, 0.6) is 0 Å². The molecule has 0 bridgehead atoms. The first-order valence-electron chi connectivity index (χ1n) is 39.3. The summed E-state index contributed by atoms with van der Waals surface area (Å²) in [6.07, 6.45) is 97.3. The lowest BCUT2D eigenvalue weighted by Crippen LogP contribution is -2.40. The van der Waals surface area contributed by atoms with Crippen LogP contribution in [0.2, 0.25) is 0 Å². The van der Waals surface area contributed by atoms with Gasteiger partial charge in [-0.2, -0.15) is 0 Å². The molecule has 0 amide bonds. The first kappa shape index (κ1) is 88.5. The number of carboxylic acid groups (broad SMARTS) is 1. The van der Waals surface area contributed by atoms with E-state index in [9.17, 15) is 19.5 Å². The van der Waals surface area contributed by atoms with E-state index in [-0.39, 0.29) is 38.2 Å². The van der Waals surface area contributed by atoms with Gasteiger partial charge in [-0.15, -0.1) is 0 Å². The second-order valence-corrected chi connectivity index (χ2v) is 27.7. The molecule has 0 fully saturated rings. The summed E-state index contributed by atoms with van der Waals surface area (Å²) in [7, 11) is 5.99. The molecular weight excluding hydrogens is 1140 g/mol. The number of ether oxygens (including phenoxy) is 4. The first-order chi connectivity index (χ1) is 45.1. The van der Waals surface area contributed by atoms with Crippen LogP contribution in [0.25, 0.3) is 0 Å². The van der Waals surface area contributed by atoms with Gasteiger partial charge in [-0.3, -0.25) is 9.59 Å². The van der Waals surface area contributed by atoms with Crippen LogP contribution < -0.4 is 0 Å². The van der Waals surface area contributed by atoms with E-state index < -0.39 is 18.4 Å². The van der Waals surface area contributed by atoms with Gasteiger partial charge in [0.2, 0.25) is 0 Å². The predicted molar refractivity (Wildman–Crippen MR) is 396 cm³/mol. The maximum Gasteiger partial charge on any atom is 0.361 e. The lowest BCUT2D eigenvalue weighted by molar-refractivity contribution is -0.870. The van der Waals surface area contributed by atoms with Gasteiger partial charge in [0.05, 0.1) is 34.4 Å². The normalized spacial score (nSPS) is 13.1. The summed E-state index contributed by atoms with van der Waals surface area (Å²) in [6.45, 7) is 4.82. The molecule has 0 aromatic rings. The Morgan fingerprint density at radius 2 is 0.620 bits per heavy atom. The average molecular weight is 1290 g/mol. The topological polar surface area (TPSA) is 108 Å². The third kappa shape index (κ3) is 73.9. The minimum Gasteiger partial charge on any atom is -0.477 e. The van der Waals surface area contributed by atoms with Crippen LogP contribution in [0, 0.1) is 0 Å². The number of carboxylic acids is 1. The van der Waals surface area contributed by atoms with Crippen molar-refractivity contribution in [2.24, 2.45) is 0 Å². The summed E-state index contributed by atoms with van der Waals surface area (Å²) in [4.78, 5) is 37.7. The second kappa shape index (κ2) is 73.3. The Hall–Kier alpha value is -3.53. The van der Waals surface area contributed by atoms with E-state index in [4.69, 9.17) is 18.9 Å². The molecule has 0 heterocycles. The van der Waals surface area contributed by atoms with Crippen molar-refractivity contribution in [3.63, 3.8) is 0 Å². The SMILES string of the molecule is CC/C=C\C/C=C\C/C=C\C/C=C\C/C=C\C/C=C\C/C=C\CCCCCCCCCCCCCCCCCCCC(=O)OC(COC(=O)CCCCCCCCCCCCCCCCCCCCCCCCCCCCCC)COC(OCC[N+](C)(C)C)C(=O)O. The Kier molecular flexibility index (Phi) is 70.5. The molecule has 0 aliphatic carbocycles. The van der Waals surface area contributed by atoms with Gasteiger partial charge in [0, 0.05) is 12.8 Å². The number of aliphatic carboxylic acids is 1. The molecule has 0 saturated heterocycles. The Morgan fingerprint density at radius 3 is 0.924 bits per heavy atom. The summed E-state index contributed by atoms with van der Waals surface area (Å²) in [6, 6.07) is 0. The monoisotopic (exact) mass is 1290 g/mol. The Bertz CT molecular complexity index is 1790. The largest absolute Gasteiger partial charge is 0.477 e. The van der Waals surface area contributed by atoms with Crippen molar-refractivity contribution in [3.8, 4) is 0 Å². The van der Waals surface area contributed by atoms with Gasteiger partial charge in [-0.1, -0.05) is 369 Å². The highest BCUT2D eigenvalue weighted by Crippen LogP contribution is 2.19. The molecule has 0 aromatic heterocycles. The van der Waals surface area contributed by atoms with Gasteiger partial charge >= 0.3 is 17.9 Å². The highest BCUT2D eigenvalue weighted by atomic mass is 16.7. The van der Waals surface area contributed by atoms with E-state index >= 15 is 0 Å². The lowest BCUT2D eigenvalue weighted by atomic mass is 10.0. The number of carbonyl (C=O) groups excluding carboxylic acids is 2. The van der Waals surface area contributed by atoms with Crippen LogP contribution in [0.3, 0.4) is 0 Å². The number of nitrogens with zero attached hydrogens (tertiary/aromatic N) is 1. The second-order valence-electron chi connectivity index (χ2n) is 27.7. The summed E-state index contributed by atoms with van der Waals surface area (Å²) in [5.41, 5.74) is 0. The number of carbonyl (C=O) groups is 3. The van der Waals surface area contributed by atoms with Gasteiger partial charge in [0.15, 0.2) is 6.10 Å². The Labute approximate surface area is 570 Å². The maximum absolute atomic E-state index is 13.0. The van der Waals surface area contributed by atoms with E-state index in [1.54, 1.807) is 0 Å². The van der Waals surface area contributed by atoms with Crippen LogP contribution in [-0.2, 0) is 33.3 Å². The molecule has 0 saturated carbocycles. The molecular formula is C83H150NO8+. The van der Waals surface area contributed by atoms with Crippen LogP contribution in [-0.4, -0.2) is 87.4 Å². The fourth-order valence-electron chi connectivity index (χ4n) is 11.5. The van der Waals surface area contributed by atoms with Crippen molar-refractivity contribution in [1.29, 1.82) is 0 Å². The molecule has 0 aliphatic heterocycles. The van der Waals surface area contributed by atoms with Crippen LogP contribution in [0.4, 0.5) is 0 Å². The third-order valence-electron chi connectivity index (χ3n) is 17.4. The summed E-state index contributed by atoms with van der Waals surface area (Å²) in [5.74, 6) is -1.98. The smallest absolute Gasteiger partial charge is 0.361 e. The van der Waals surface area contributed by atoms with Crippen molar-refractivity contribution in [2.75, 3.05) is 47.5 Å². The lowest BCUT2D eigenvalue weighted by Gasteiger charge is -2.25. The highest BCUT2D eigenvalue weighted by molar-refractivity contribution is 5.71. The molecule has 0 aliphatic rings. The van der Waals surface area contributed by atoms with Gasteiger partial charge in [-0.05, 0) is 70.6 Å². The molecule has 1 N–H and O–H groups in total. The first-order valence-corrected chi connectivity index (χ1v) is 39.3. The Balaban J connectivity index is 4.01. The maximum atomic E-state index is 13.0. The van der Waals surface area contributed by atoms with E-state index in [0.717, 1.165) is 83.5 Å². The summed E-state index contributed by atoms with van der Waals surface area (Å²) < 4.78 is 23.1. The molecule has 92 heavy (non-hydrogen) atoms. The van der Waals surface area contributed by atoms with Crippen LogP contribution in [0.15, 0.2) is 85.1 Å². The summed E-state index contributed by atoms with van der Waals surface area (Å²) in [5, 5.41) is 9.77. The quantitative estimate of drug-likeness (QED) is 0.0211. The molecule has 0 spiro atoms. The number of hydrogen-bond donors (Lipinski definition) is 1. The van der Waals surface area contributed by atoms with E-state index in [0.29, 0.717) is 17.4 Å². The van der Waals surface area contributed by atoms with Gasteiger partial charge < -0.3 is 28.5 Å². The van der Waals surface area contributed by atoms with Gasteiger partial charge in [-0.25, -0.2) is 4.79 Å². The zero-order chi connectivity index (χ0) is 66.8. The molecule has 534 valence electrons. The van der Waals surface area contributed by atoms with Crippen molar-refractivity contribution in [2.45, 2.75) is 379 Å². The molecule has 0 aromatic carbocycles. The van der Waals surface area contributed by atoms with Crippen molar-refractivity contribution >= 4 is 17.9 Å². The van der Waals surface area contributed by atoms with E-state index in [1.165, 1.54) is 257 Å². The number of esters is 2. The zero-order valence-electron chi connectivity index (χ0n) is 61.2. The zero-order valence-corrected chi connectivity index (χ0v) is 61.2. The van der Waals surface area contributed by atoms with Crippen molar-refractivity contribution < 1.29 is 42.9 Å². The molecule has 2 atom stereocenters. The number of hydrogen-bond acceptors (Lipinski definition) is 7. The fraction of sp³-hybridized carbons (Fsp3) is 0.795. The van der Waals surface area contributed by atoms with E-state index in [2.05, 4.69) is 98.9 Å². The number of likely N-dealkylation sites (N-methyl/N-ethyl adjacent to an activating group) is 1. The van der Waals surface area contributed by atoms with Crippen molar-refractivity contribution in [3.05, 3.63) is 85.1 Å². The molecule has 2 unspecified atom stereocenters. The number of quaternary nitrogens is 1.